The third kappa shape index (κ3) is 4.56. The lowest BCUT2D eigenvalue weighted by molar-refractivity contribution is 0.324. The van der Waals surface area contributed by atoms with Gasteiger partial charge in [0.1, 0.15) is 29.7 Å². The van der Waals surface area contributed by atoms with Crippen LogP contribution in [0.15, 0.2) is 42.5 Å². The van der Waals surface area contributed by atoms with Crippen LogP contribution in [0.2, 0.25) is 0 Å². The first-order chi connectivity index (χ1) is 10.2. The van der Waals surface area contributed by atoms with Gasteiger partial charge in [-0.3, -0.25) is 0 Å². The van der Waals surface area contributed by atoms with Crippen molar-refractivity contribution in [2.45, 2.75) is 0 Å². The molecule has 0 aliphatic rings. The van der Waals surface area contributed by atoms with Crippen LogP contribution in [0, 0.1) is 5.82 Å². The molecular weight excluding hydrogens is 273 g/mol. The molecule has 4 nitrogen and oxygen atoms in total. The van der Waals surface area contributed by atoms with E-state index in [1.165, 1.54) is 12.1 Å². The van der Waals surface area contributed by atoms with Gasteiger partial charge in [-0.1, -0.05) is 0 Å². The second kappa shape index (κ2) is 7.38. The van der Waals surface area contributed by atoms with Gasteiger partial charge >= 0.3 is 0 Å². The molecule has 0 aromatic heterocycles. The highest BCUT2D eigenvalue weighted by Crippen LogP contribution is 2.27. The van der Waals surface area contributed by atoms with E-state index in [-0.39, 0.29) is 5.82 Å². The molecule has 2 aromatic rings. The molecular formula is C16H18FNO3. The zero-order valence-electron chi connectivity index (χ0n) is 12.1. The molecule has 0 fully saturated rings. The number of anilines is 1. The Kier molecular flexibility index (Phi) is 5.26. The van der Waals surface area contributed by atoms with Crippen LogP contribution in [0.3, 0.4) is 0 Å². The van der Waals surface area contributed by atoms with E-state index in [0.29, 0.717) is 30.4 Å². The van der Waals surface area contributed by atoms with Crippen molar-refractivity contribution in [3.63, 3.8) is 0 Å². The van der Waals surface area contributed by atoms with Crippen LogP contribution in [-0.2, 0) is 0 Å². The third-order valence-electron chi connectivity index (χ3n) is 2.87. The van der Waals surface area contributed by atoms with E-state index in [1.54, 1.807) is 44.6 Å². The van der Waals surface area contributed by atoms with Crippen LogP contribution in [0.5, 0.6) is 17.2 Å². The van der Waals surface area contributed by atoms with Gasteiger partial charge in [-0.15, -0.1) is 0 Å². The molecule has 5 heteroatoms. The van der Waals surface area contributed by atoms with Crippen LogP contribution in [-0.4, -0.2) is 27.4 Å². The summed E-state index contributed by atoms with van der Waals surface area (Å²) in [6.45, 7) is 1.07. The normalized spacial score (nSPS) is 10.0. The van der Waals surface area contributed by atoms with Crippen molar-refractivity contribution >= 4 is 5.69 Å². The maximum Gasteiger partial charge on any atom is 0.126 e. The monoisotopic (exact) mass is 291 g/mol. The molecule has 0 bridgehead atoms. The highest BCUT2D eigenvalue weighted by atomic mass is 19.1. The summed E-state index contributed by atoms with van der Waals surface area (Å²) < 4.78 is 28.7. The predicted octanol–water partition coefficient (Wildman–Crippen LogP) is 3.33. The first-order valence-electron chi connectivity index (χ1n) is 6.56. The van der Waals surface area contributed by atoms with Gasteiger partial charge in [0.25, 0.3) is 0 Å². The molecule has 0 aliphatic heterocycles. The molecule has 0 heterocycles. The Bertz CT molecular complexity index is 550. The molecule has 0 saturated carbocycles. The van der Waals surface area contributed by atoms with E-state index in [2.05, 4.69) is 5.32 Å². The fourth-order valence-electron chi connectivity index (χ4n) is 1.80. The van der Waals surface area contributed by atoms with E-state index in [0.717, 1.165) is 5.69 Å². The minimum atomic E-state index is -0.250. The Morgan fingerprint density at radius 1 is 0.905 bits per heavy atom. The zero-order valence-corrected chi connectivity index (χ0v) is 12.1. The number of hydrogen-bond donors (Lipinski definition) is 1. The Morgan fingerprint density at radius 2 is 1.48 bits per heavy atom. The van der Waals surface area contributed by atoms with E-state index in [4.69, 9.17) is 14.2 Å². The smallest absolute Gasteiger partial charge is 0.126 e. The lowest BCUT2D eigenvalue weighted by atomic mass is 10.3. The molecule has 21 heavy (non-hydrogen) atoms. The lowest BCUT2D eigenvalue weighted by Gasteiger charge is -2.11. The summed E-state index contributed by atoms with van der Waals surface area (Å²) in [5.41, 5.74) is 0.850. The SMILES string of the molecule is COc1cc(OC)cc(OCCNc2ccc(F)cc2)c1. The van der Waals surface area contributed by atoms with Crippen molar-refractivity contribution in [3.05, 3.63) is 48.3 Å². The molecule has 2 aromatic carbocycles. The first-order valence-corrected chi connectivity index (χ1v) is 6.56. The Hall–Kier alpha value is -2.43. The number of methoxy groups -OCH3 is 2. The van der Waals surface area contributed by atoms with Gasteiger partial charge in [0, 0.05) is 30.4 Å². The molecule has 0 saturated heterocycles. The first kappa shape index (κ1) is 15.0. The summed E-state index contributed by atoms with van der Waals surface area (Å²) in [7, 11) is 3.18. The van der Waals surface area contributed by atoms with E-state index >= 15 is 0 Å². The molecule has 0 aliphatic carbocycles. The van der Waals surface area contributed by atoms with Crippen LogP contribution in [0.25, 0.3) is 0 Å². The fraction of sp³-hybridized carbons (Fsp3) is 0.250. The maximum atomic E-state index is 12.8. The molecule has 0 unspecified atom stereocenters. The number of ether oxygens (including phenoxy) is 3. The Morgan fingerprint density at radius 3 is 2.05 bits per heavy atom. The lowest BCUT2D eigenvalue weighted by Crippen LogP contribution is -2.11. The maximum absolute atomic E-state index is 12.8. The van der Waals surface area contributed by atoms with Gasteiger partial charge in [0.2, 0.25) is 0 Å². The van der Waals surface area contributed by atoms with Crippen molar-refractivity contribution in [1.82, 2.24) is 0 Å². The van der Waals surface area contributed by atoms with Gasteiger partial charge in [0.05, 0.1) is 14.2 Å². The van der Waals surface area contributed by atoms with Crippen LogP contribution in [0.1, 0.15) is 0 Å². The van der Waals surface area contributed by atoms with E-state index < -0.39 is 0 Å². The number of hydrogen-bond acceptors (Lipinski definition) is 4. The topological polar surface area (TPSA) is 39.7 Å². The van der Waals surface area contributed by atoms with E-state index in [9.17, 15) is 4.39 Å². The summed E-state index contributed by atoms with van der Waals surface area (Å²) in [5, 5.41) is 3.15. The average molecular weight is 291 g/mol. The largest absolute Gasteiger partial charge is 0.496 e. The van der Waals surface area contributed by atoms with Gasteiger partial charge in [0.15, 0.2) is 0 Å². The quantitative estimate of drug-likeness (QED) is 0.794. The van der Waals surface area contributed by atoms with Crippen molar-refractivity contribution in [1.29, 1.82) is 0 Å². The van der Waals surface area contributed by atoms with E-state index in [1.807, 2.05) is 0 Å². The van der Waals surface area contributed by atoms with Crippen molar-refractivity contribution in [2.24, 2.45) is 0 Å². The minimum absolute atomic E-state index is 0.250. The van der Waals surface area contributed by atoms with Gasteiger partial charge < -0.3 is 19.5 Å². The highest BCUT2D eigenvalue weighted by molar-refractivity contribution is 5.43. The third-order valence-corrected chi connectivity index (χ3v) is 2.87. The van der Waals surface area contributed by atoms with Gasteiger partial charge in [-0.05, 0) is 24.3 Å². The number of benzene rings is 2. The van der Waals surface area contributed by atoms with Crippen LogP contribution < -0.4 is 19.5 Å². The van der Waals surface area contributed by atoms with Crippen molar-refractivity contribution < 1.29 is 18.6 Å². The Balaban J connectivity index is 1.84. The highest BCUT2D eigenvalue weighted by Gasteiger charge is 2.02. The fourth-order valence-corrected chi connectivity index (χ4v) is 1.80. The molecule has 2 rings (SSSR count). The number of nitrogens with one attached hydrogen (secondary N) is 1. The predicted molar refractivity (Wildman–Crippen MR) is 79.9 cm³/mol. The van der Waals surface area contributed by atoms with Crippen LogP contribution in [0.4, 0.5) is 10.1 Å². The number of rotatable bonds is 7. The molecule has 0 amide bonds. The minimum Gasteiger partial charge on any atom is -0.496 e. The van der Waals surface area contributed by atoms with Gasteiger partial charge in [-0.25, -0.2) is 4.39 Å². The molecule has 1 N–H and O–H groups in total. The summed E-state index contributed by atoms with van der Waals surface area (Å²) in [5.74, 6) is 1.78. The Labute approximate surface area is 123 Å². The summed E-state index contributed by atoms with van der Waals surface area (Å²) in [6.07, 6.45) is 0. The van der Waals surface area contributed by atoms with Crippen molar-refractivity contribution in [3.8, 4) is 17.2 Å². The molecule has 0 spiro atoms. The molecule has 0 radical (unpaired) electrons. The van der Waals surface area contributed by atoms with Gasteiger partial charge in [-0.2, -0.15) is 0 Å². The number of halogens is 1. The second-order valence-electron chi connectivity index (χ2n) is 4.33. The zero-order chi connectivity index (χ0) is 15.1. The molecule has 0 atom stereocenters. The summed E-state index contributed by atoms with van der Waals surface area (Å²) in [4.78, 5) is 0. The summed E-state index contributed by atoms with van der Waals surface area (Å²) in [6, 6.07) is 11.6. The second-order valence-corrected chi connectivity index (χ2v) is 4.33. The summed E-state index contributed by atoms with van der Waals surface area (Å²) >= 11 is 0. The average Bonchev–Trinajstić information content (AvgIpc) is 2.53. The standard InChI is InChI=1S/C16H18FNO3/c1-19-14-9-15(20-2)11-16(10-14)21-8-7-18-13-5-3-12(17)4-6-13/h3-6,9-11,18H,7-8H2,1-2H3. The van der Waals surface area contributed by atoms with Crippen molar-refractivity contribution in [2.75, 3.05) is 32.7 Å². The van der Waals surface area contributed by atoms with Crippen LogP contribution >= 0.6 is 0 Å². The molecule has 112 valence electrons.